The van der Waals surface area contributed by atoms with Crippen molar-refractivity contribution in [1.29, 1.82) is 5.26 Å². The van der Waals surface area contributed by atoms with Crippen LogP contribution in [0.3, 0.4) is 0 Å². The maximum atomic E-state index is 13.3. The minimum atomic E-state index is -0.438. The van der Waals surface area contributed by atoms with Crippen LogP contribution in [0.2, 0.25) is 0 Å². The average molecular weight is 442 g/mol. The molecule has 8 nitrogen and oxygen atoms in total. The molecule has 3 heterocycles. The Morgan fingerprint density at radius 1 is 1.15 bits per heavy atom. The molecule has 2 aliphatic rings. The standard InChI is InChI=1S/C25H22N4O4/c26-15-16-4-3-5-19(12-16)27-24(30)20-14-23(33-28-20)21-6-1-2-10-29(21)25(31)18-7-8-22-17(13-18)9-11-32-22/h3-5,7-8,12-14,21H,1-2,6,9-11H2,(H,27,30). The Morgan fingerprint density at radius 2 is 2.06 bits per heavy atom. The van der Waals surface area contributed by atoms with Gasteiger partial charge in [0.15, 0.2) is 11.5 Å². The van der Waals surface area contributed by atoms with Crippen LogP contribution in [-0.4, -0.2) is 35.0 Å². The number of carbonyl (C=O) groups is 2. The quantitative estimate of drug-likeness (QED) is 0.652. The van der Waals surface area contributed by atoms with E-state index >= 15 is 0 Å². The van der Waals surface area contributed by atoms with E-state index < -0.39 is 5.91 Å². The fourth-order valence-corrected chi connectivity index (χ4v) is 4.37. The zero-order chi connectivity index (χ0) is 22.8. The lowest BCUT2D eigenvalue weighted by Crippen LogP contribution is -2.38. The fraction of sp³-hybridized carbons (Fsp3) is 0.280. The van der Waals surface area contributed by atoms with Crippen molar-refractivity contribution in [2.75, 3.05) is 18.5 Å². The number of nitriles is 1. The molecule has 1 fully saturated rings. The van der Waals surface area contributed by atoms with Crippen molar-refractivity contribution in [2.24, 2.45) is 0 Å². The number of hydrogen-bond donors (Lipinski definition) is 1. The van der Waals surface area contributed by atoms with E-state index in [-0.39, 0.29) is 17.6 Å². The molecule has 166 valence electrons. The molecule has 0 bridgehead atoms. The summed E-state index contributed by atoms with van der Waals surface area (Å²) in [5, 5.41) is 15.7. The summed E-state index contributed by atoms with van der Waals surface area (Å²) in [6, 6.07) is 15.5. The average Bonchev–Trinajstić information content (AvgIpc) is 3.53. The fourth-order valence-electron chi connectivity index (χ4n) is 4.37. The Balaban J connectivity index is 1.34. The summed E-state index contributed by atoms with van der Waals surface area (Å²) in [6.07, 6.45) is 3.40. The third kappa shape index (κ3) is 4.17. The Labute approximate surface area is 190 Å². The van der Waals surface area contributed by atoms with Crippen molar-refractivity contribution >= 4 is 17.5 Å². The summed E-state index contributed by atoms with van der Waals surface area (Å²) in [4.78, 5) is 27.8. The highest BCUT2D eigenvalue weighted by Crippen LogP contribution is 2.34. The zero-order valence-corrected chi connectivity index (χ0v) is 17.9. The number of anilines is 1. The van der Waals surface area contributed by atoms with Crippen molar-refractivity contribution in [2.45, 2.75) is 31.7 Å². The van der Waals surface area contributed by atoms with Crippen molar-refractivity contribution < 1.29 is 18.8 Å². The molecule has 0 saturated carbocycles. The van der Waals surface area contributed by atoms with E-state index in [1.807, 2.05) is 18.2 Å². The number of rotatable bonds is 4. The summed E-state index contributed by atoms with van der Waals surface area (Å²) in [6.45, 7) is 1.25. The molecule has 5 rings (SSSR count). The number of fused-ring (bicyclic) bond motifs is 1. The normalized spacial score (nSPS) is 17.1. The SMILES string of the molecule is N#Cc1cccc(NC(=O)c2cc(C3CCCCN3C(=O)c3ccc4c(c3)CCO4)on2)c1. The minimum Gasteiger partial charge on any atom is -0.493 e. The highest BCUT2D eigenvalue weighted by Gasteiger charge is 2.32. The van der Waals surface area contributed by atoms with Crippen LogP contribution in [0.5, 0.6) is 5.75 Å². The molecular weight excluding hydrogens is 420 g/mol. The van der Waals surface area contributed by atoms with E-state index in [9.17, 15) is 9.59 Å². The first-order chi connectivity index (χ1) is 16.1. The molecule has 33 heavy (non-hydrogen) atoms. The molecule has 1 N–H and O–H groups in total. The maximum absolute atomic E-state index is 13.3. The summed E-state index contributed by atoms with van der Waals surface area (Å²) in [5.41, 5.74) is 2.75. The van der Waals surface area contributed by atoms with E-state index in [2.05, 4.69) is 10.5 Å². The first-order valence-electron chi connectivity index (χ1n) is 11.0. The van der Waals surface area contributed by atoms with Crippen LogP contribution >= 0.6 is 0 Å². The number of nitrogens with zero attached hydrogens (tertiary/aromatic N) is 3. The molecule has 2 amide bonds. The number of nitrogens with one attached hydrogen (secondary N) is 1. The number of amides is 2. The topological polar surface area (TPSA) is 108 Å². The molecule has 8 heteroatoms. The van der Waals surface area contributed by atoms with Crippen LogP contribution in [0.25, 0.3) is 0 Å². The monoisotopic (exact) mass is 442 g/mol. The van der Waals surface area contributed by atoms with Crippen LogP contribution in [0.15, 0.2) is 53.1 Å². The van der Waals surface area contributed by atoms with Crippen LogP contribution in [0.4, 0.5) is 5.69 Å². The number of ether oxygens (including phenoxy) is 1. The highest BCUT2D eigenvalue weighted by atomic mass is 16.5. The van der Waals surface area contributed by atoms with Crippen molar-refractivity contribution in [3.8, 4) is 11.8 Å². The van der Waals surface area contributed by atoms with Gasteiger partial charge in [-0.3, -0.25) is 9.59 Å². The van der Waals surface area contributed by atoms with E-state index in [1.165, 1.54) is 0 Å². The summed E-state index contributed by atoms with van der Waals surface area (Å²) in [5.74, 6) is 0.828. The van der Waals surface area contributed by atoms with E-state index in [0.717, 1.165) is 37.0 Å². The van der Waals surface area contributed by atoms with Crippen LogP contribution in [0, 0.1) is 11.3 Å². The molecule has 0 spiro atoms. The lowest BCUT2D eigenvalue weighted by molar-refractivity contribution is 0.0569. The Morgan fingerprint density at radius 3 is 2.94 bits per heavy atom. The molecule has 1 atom stereocenters. The second-order valence-corrected chi connectivity index (χ2v) is 8.19. The molecule has 0 aliphatic carbocycles. The summed E-state index contributed by atoms with van der Waals surface area (Å²) in [7, 11) is 0. The molecule has 2 aliphatic heterocycles. The third-order valence-corrected chi connectivity index (χ3v) is 6.04. The van der Waals surface area contributed by atoms with Crippen LogP contribution in [0.1, 0.15) is 63.0 Å². The number of piperidine rings is 1. The van der Waals surface area contributed by atoms with Crippen molar-refractivity contribution in [3.63, 3.8) is 0 Å². The van der Waals surface area contributed by atoms with Gasteiger partial charge in [0.05, 0.1) is 24.3 Å². The predicted octanol–water partition coefficient (Wildman–Crippen LogP) is 4.10. The smallest absolute Gasteiger partial charge is 0.277 e. The van der Waals surface area contributed by atoms with Gasteiger partial charge in [0.1, 0.15) is 5.75 Å². The number of hydrogen-bond acceptors (Lipinski definition) is 6. The first-order valence-corrected chi connectivity index (χ1v) is 11.0. The molecule has 2 aromatic carbocycles. The van der Waals surface area contributed by atoms with Gasteiger partial charge in [0.2, 0.25) is 0 Å². The largest absolute Gasteiger partial charge is 0.493 e. The van der Waals surface area contributed by atoms with E-state index in [1.54, 1.807) is 41.3 Å². The number of likely N-dealkylation sites (tertiary alicyclic amines) is 1. The molecule has 1 saturated heterocycles. The van der Waals surface area contributed by atoms with Gasteiger partial charge in [0.25, 0.3) is 11.8 Å². The number of benzene rings is 2. The summed E-state index contributed by atoms with van der Waals surface area (Å²) < 4.78 is 11.1. The predicted molar refractivity (Wildman–Crippen MR) is 119 cm³/mol. The lowest BCUT2D eigenvalue weighted by atomic mass is 9.98. The lowest BCUT2D eigenvalue weighted by Gasteiger charge is -2.34. The third-order valence-electron chi connectivity index (χ3n) is 6.04. The number of carbonyl (C=O) groups excluding carboxylic acids is 2. The van der Waals surface area contributed by atoms with Gasteiger partial charge in [-0.15, -0.1) is 0 Å². The van der Waals surface area contributed by atoms with Crippen LogP contribution in [-0.2, 0) is 6.42 Å². The zero-order valence-electron chi connectivity index (χ0n) is 17.9. The first kappa shape index (κ1) is 20.8. The second kappa shape index (κ2) is 8.79. The molecule has 3 aromatic rings. The highest BCUT2D eigenvalue weighted by molar-refractivity contribution is 6.03. The minimum absolute atomic E-state index is 0.0647. The van der Waals surface area contributed by atoms with Crippen molar-refractivity contribution in [1.82, 2.24) is 10.1 Å². The van der Waals surface area contributed by atoms with Gasteiger partial charge in [-0.1, -0.05) is 11.2 Å². The Hall–Kier alpha value is -4.12. The number of aromatic nitrogens is 1. The second-order valence-electron chi connectivity index (χ2n) is 8.19. The van der Waals surface area contributed by atoms with E-state index in [0.29, 0.717) is 35.7 Å². The van der Waals surface area contributed by atoms with Gasteiger partial charge in [-0.25, -0.2) is 0 Å². The van der Waals surface area contributed by atoms with Gasteiger partial charge in [-0.05, 0) is 61.2 Å². The van der Waals surface area contributed by atoms with E-state index in [4.69, 9.17) is 14.5 Å². The maximum Gasteiger partial charge on any atom is 0.277 e. The van der Waals surface area contributed by atoms with Gasteiger partial charge in [0, 0.05) is 30.3 Å². The van der Waals surface area contributed by atoms with Gasteiger partial charge in [-0.2, -0.15) is 5.26 Å². The molecular formula is C25H22N4O4. The summed E-state index contributed by atoms with van der Waals surface area (Å²) >= 11 is 0. The van der Waals surface area contributed by atoms with Crippen molar-refractivity contribution in [3.05, 3.63) is 76.7 Å². The molecule has 1 unspecified atom stereocenters. The Kier molecular flexibility index (Phi) is 5.53. The Bertz CT molecular complexity index is 1260. The van der Waals surface area contributed by atoms with Gasteiger partial charge >= 0.3 is 0 Å². The van der Waals surface area contributed by atoms with Gasteiger partial charge < -0.3 is 19.5 Å². The molecule has 0 radical (unpaired) electrons. The molecule has 1 aromatic heterocycles. The van der Waals surface area contributed by atoms with Crippen LogP contribution < -0.4 is 10.1 Å².